The second-order valence-corrected chi connectivity index (χ2v) is 10.2. The van der Waals surface area contributed by atoms with E-state index in [1.54, 1.807) is 20.8 Å². The number of carbonyl (C=O) groups excluding carboxylic acids is 2. The molecule has 1 aliphatic rings. The second-order valence-electron chi connectivity index (χ2n) is 10.2. The molecule has 0 spiro atoms. The summed E-state index contributed by atoms with van der Waals surface area (Å²) in [6, 6.07) is 14.7. The van der Waals surface area contributed by atoms with Crippen molar-refractivity contribution in [1.29, 1.82) is 0 Å². The maximum atomic E-state index is 12.7. The maximum absolute atomic E-state index is 12.7. The molecule has 2 amide bonds. The Kier molecular flexibility index (Phi) is 7.64. The number of nitrogens with one attached hydrogen (secondary N) is 2. The van der Waals surface area contributed by atoms with E-state index in [-0.39, 0.29) is 24.9 Å². The summed E-state index contributed by atoms with van der Waals surface area (Å²) in [5, 5.41) is 14.8. The van der Waals surface area contributed by atoms with Gasteiger partial charge in [0.15, 0.2) is 0 Å². The molecule has 7 heteroatoms. The minimum Gasteiger partial charge on any atom is -0.480 e. The first-order chi connectivity index (χ1) is 16.0. The lowest BCUT2D eigenvalue weighted by atomic mass is 9.86. The lowest BCUT2D eigenvalue weighted by Gasteiger charge is -2.29. The summed E-state index contributed by atoms with van der Waals surface area (Å²) in [4.78, 5) is 36.8. The zero-order valence-electron chi connectivity index (χ0n) is 20.4. The van der Waals surface area contributed by atoms with Crippen LogP contribution in [-0.2, 0) is 14.3 Å². The van der Waals surface area contributed by atoms with Gasteiger partial charge < -0.3 is 20.5 Å². The number of carboxylic acids is 1. The Morgan fingerprint density at radius 1 is 0.941 bits per heavy atom. The van der Waals surface area contributed by atoms with Crippen LogP contribution in [0.5, 0.6) is 0 Å². The summed E-state index contributed by atoms with van der Waals surface area (Å²) in [5.74, 6) is -1.63. The van der Waals surface area contributed by atoms with Crippen molar-refractivity contribution in [2.45, 2.75) is 59.0 Å². The van der Waals surface area contributed by atoms with Gasteiger partial charge in [-0.3, -0.25) is 4.79 Å². The Hall–Kier alpha value is -3.35. The second kappa shape index (κ2) is 10.3. The predicted octanol–water partition coefficient (Wildman–Crippen LogP) is 4.56. The molecule has 2 aromatic carbocycles. The van der Waals surface area contributed by atoms with E-state index in [4.69, 9.17) is 4.74 Å². The van der Waals surface area contributed by atoms with Crippen LogP contribution in [-0.4, -0.2) is 41.8 Å². The van der Waals surface area contributed by atoms with Gasteiger partial charge in [-0.1, -0.05) is 83.1 Å². The number of rotatable bonds is 8. The van der Waals surface area contributed by atoms with E-state index in [0.29, 0.717) is 0 Å². The third kappa shape index (κ3) is 5.76. The van der Waals surface area contributed by atoms with Crippen LogP contribution < -0.4 is 10.6 Å². The highest BCUT2D eigenvalue weighted by Crippen LogP contribution is 2.44. The molecule has 0 aromatic heterocycles. The summed E-state index contributed by atoms with van der Waals surface area (Å²) in [6.07, 6.45) is -0.638. The zero-order valence-corrected chi connectivity index (χ0v) is 20.4. The van der Waals surface area contributed by atoms with Crippen LogP contribution in [0.25, 0.3) is 11.1 Å². The van der Waals surface area contributed by atoms with Crippen LogP contribution in [0.2, 0.25) is 0 Å². The Morgan fingerprint density at radius 3 is 1.94 bits per heavy atom. The van der Waals surface area contributed by atoms with Gasteiger partial charge in [0.25, 0.3) is 0 Å². The van der Waals surface area contributed by atoms with Crippen molar-refractivity contribution in [2.24, 2.45) is 11.3 Å². The van der Waals surface area contributed by atoms with Crippen molar-refractivity contribution in [3.05, 3.63) is 59.7 Å². The van der Waals surface area contributed by atoms with E-state index >= 15 is 0 Å². The first-order valence-corrected chi connectivity index (χ1v) is 11.6. The van der Waals surface area contributed by atoms with E-state index in [0.717, 1.165) is 22.3 Å². The molecule has 182 valence electrons. The number of carbonyl (C=O) groups is 3. The third-order valence-corrected chi connectivity index (χ3v) is 6.28. The number of aliphatic carboxylic acids is 1. The lowest BCUT2D eigenvalue weighted by Crippen LogP contribution is -2.51. The maximum Gasteiger partial charge on any atom is 0.407 e. The van der Waals surface area contributed by atoms with Gasteiger partial charge in [0, 0.05) is 18.4 Å². The molecule has 34 heavy (non-hydrogen) atoms. The van der Waals surface area contributed by atoms with E-state index in [2.05, 4.69) is 34.9 Å². The lowest BCUT2D eigenvalue weighted by molar-refractivity contribution is -0.145. The van der Waals surface area contributed by atoms with Crippen LogP contribution in [0, 0.1) is 11.3 Å². The van der Waals surface area contributed by atoms with Crippen molar-refractivity contribution >= 4 is 18.0 Å². The molecule has 3 rings (SSSR count). The Labute approximate surface area is 200 Å². The molecule has 1 unspecified atom stereocenters. The highest BCUT2D eigenvalue weighted by atomic mass is 16.5. The normalized spacial score (nSPS) is 14.6. The number of amides is 2. The molecule has 0 fully saturated rings. The van der Waals surface area contributed by atoms with E-state index in [1.165, 1.54) is 0 Å². The number of hydrogen-bond acceptors (Lipinski definition) is 4. The minimum atomic E-state index is -1.09. The van der Waals surface area contributed by atoms with Crippen LogP contribution in [0.15, 0.2) is 48.5 Å². The highest BCUT2D eigenvalue weighted by molar-refractivity contribution is 5.85. The number of alkyl carbamates (subject to hydrolysis) is 1. The van der Waals surface area contributed by atoms with Crippen molar-refractivity contribution in [3.63, 3.8) is 0 Å². The Balaban J connectivity index is 1.62. The zero-order chi connectivity index (χ0) is 25.0. The number of ether oxygens (including phenoxy) is 1. The van der Waals surface area contributed by atoms with Gasteiger partial charge in [-0.25, -0.2) is 9.59 Å². The van der Waals surface area contributed by atoms with E-state index in [1.807, 2.05) is 38.1 Å². The van der Waals surface area contributed by atoms with Crippen molar-refractivity contribution in [2.75, 3.05) is 6.61 Å². The molecule has 3 N–H and O–H groups in total. The summed E-state index contributed by atoms with van der Waals surface area (Å²) < 4.78 is 5.60. The summed E-state index contributed by atoms with van der Waals surface area (Å²) in [5.41, 5.74) is 3.90. The molecular formula is C27H34N2O5. The molecule has 0 saturated heterocycles. The fourth-order valence-corrected chi connectivity index (χ4v) is 4.31. The average molecular weight is 467 g/mol. The largest absolute Gasteiger partial charge is 0.480 e. The van der Waals surface area contributed by atoms with Gasteiger partial charge in [0.05, 0.1) is 0 Å². The smallest absolute Gasteiger partial charge is 0.407 e. The van der Waals surface area contributed by atoms with Crippen LogP contribution in [0.1, 0.15) is 58.1 Å². The average Bonchev–Trinajstić information content (AvgIpc) is 3.08. The SMILES string of the molecule is CC(C)[C@H](CC(=O)NC(C(=O)O)C(C)(C)C)NC(=O)OCC1c2ccccc2-c2ccccc21. The third-order valence-electron chi connectivity index (χ3n) is 6.28. The topological polar surface area (TPSA) is 105 Å². The summed E-state index contributed by atoms with van der Waals surface area (Å²) >= 11 is 0. The highest BCUT2D eigenvalue weighted by Gasteiger charge is 2.34. The van der Waals surface area contributed by atoms with Crippen molar-refractivity contribution in [3.8, 4) is 11.1 Å². The molecule has 0 saturated carbocycles. The van der Waals surface area contributed by atoms with Gasteiger partial charge in [-0.2, -0.15) is 0 Å². The van der Waals surface area contributed by atoms with Gasteiger partial charge in [-0.05, 0) is 33.6 Å². The van der Waals surface area contributed by atoms with Crippen LogP contribution >= 0.6 is 0 Å². The number of carboxylic acid groups (broad SMARTS) is 1. The Bertz CT molecular complexity index is 1010. The quantitative estimate of drug-likeness (QED) is 0.529. The van der Waals surface area contributed by atoms with E-state index in [9.17, 15) is 19.5 Å². The molecule has 2 aromatic rings. The molecule has 1 aliphatic carbocycles. The molecular weight excluding hydrogens is 432 g/mol. The first-order valence-electron chi connectivity index (χ1n) is 11.6. The van der Waals surface area contributed by atoms with Gasteiger partial charge in [-0.15, -0.1) is 0 Å². The molecule has 0 bridgehead atoms. The summed E-state index contributed by atoms with van der Waals surface area (Å²) in [7, 11) is 0. The fraction of sp³-hybridized carbons (Fsp3) is 0.444. The Morgan fingerprint density at radius 2 is 1.47 bits per heavy atom. The molecule has 7 nitrogen and oxygen atoms in total. The molecule has 0 heterocycles. The molecule has 2 atom stereocenters. The molecule has 0 aliphatic heterocycles. The van der Waals surface area contributed by atoms with Gasteiger partial charge >= 0.3 is 12.1 Å². The fourth-order valence-electron chi connectivity index (χ4n) is 4.31. The van der Waals surface area contributed by atoms with Crippen LogP contribution in [0.3, 0.4) is 0 Å². The van der Waals surface area contributed by atoms with Crippen molar-refractivity contribution < 1.29 is 24.2 Å². The standard InChI is InChI=1S/C27H34N2O5/c1-16(2)22(14-23(30)29-24(25(31)32)27(3,4)5)28-26(33)34-15-21-19-12-8-6-10-17(19)18-11-7-9-13-20(18)21/h6-13,16,21-22,24H,14-15H2,1-5H3,(H,28,33)(H,29,30)(H,31,32)/t22-,24?/m0/s1. The number of fused-ring (bicyclic) bond motifs is 3. The monoisotopic (exact) mass is 466 g/mol. The summed E-state index contributed by atoms with van der Waals surface area (Å²) in [6.45, 7) is 9.21. The van der Waals surface area contributed by atoms with Crippen LogP contribution in [0.4, 0.5) is 4.79 Å². The van der Waals surface area contributed by atoms with Crippen molar-refractivity contribution in [1.82, 2.24) is 10.6 Å². The predicted molar refractivity (Wildman–Crippen MR) is 130 cm³/mol. The van der Waals surface area contributed by atoms with E-state index < -0.39 is 35.5 Å². The van der Waals surface area contributed by atoms with Gasteiger partial charge in [0.2, 0.25) is 5.91 Å². The molecule has 0 radical (unpaired) electrons. The first kappa shape index (κ1) is 25.3. The van der Waals surface area contributed by atoms with Gasteiger partial charge in [0.1, 0.15) is 12.6 Å². The number of hydrogen-bond donors (Lipinski definition) is 3. The minimum absolute atomic E-state index is 0.0400. The number of benzene rings is 2.